The van der Waals surface area contributed by atoms with Gasteiger partial charge in [-0.05, 0) is 142 Å². The smallest absolute Gasteiger partial charge is 0.339 e. The molecule has 0 aliphatic heterocycles. The van der Waals surface area contributed by atoms with Crippen molar-refractivity contribution in [3.8, 4) is 23.0 Å². The van der Waals surface area contributed by atoms with Crippen LogP contribution in [0, 0.1) is 0 Å². The highest BCUT2D eigenvalue weighted by Gasteiger charge is 2.43. The summed E-state index contributed by atoms with van der Waals surface area (Å²) in [7, 11) is 0. The zero-order chi connectivity index (χ0) is 68.3. The molecule has 4 amide bonds. The third-order valence-corrected chi connectivity index (χ3v) is 15.9. The number of aliphatic hydroxyl groups is 1. The topological polar surface area (TPSA) is 206 Å². The Labute approximate surface area is 571 Å². The van der Waals surface area contributed by atoms with Crippen molar-refractivity contribution >= 4 is 29.6 Å². The number of nitrogens with zero attached hydrogens (tertiary/aromatic N) is 2. The Balaban J connectivity index is 0.767. The minimum Gasteiger partial charge on any atom is -0.485 e. The van der Waals surface area contributed by atoms with E-state index in [2.05, 4.69) is 55.3 Å². The lowest BCUT2D eigenvalue weighted by molar-refractivity contribution is -0.181. The summed E-state index contributed by atoms with van der Waals surface area (Å²) in [5.41, 5.74) is 3.79. The Morgan fingerprint density at radius 1 is 0.361 bits per heavy atom. The van der Waals surface area contributed by atoms with Gasteiger partial charge in [0.2, 0.25) is 11.8 Å². The van der Waals surface area contributed by atoms with E-state index >= 15 is 0 Å². The van der Waals surface area contributed by atoms with E-state index in [1.54, 1.807) is 57.2 Å². The zero-order valence-corrected chi connectivity index (χ0v) is 56.3. The van der Waals surface area contributed by atoms with E-state index in [4.69, 9.17) is 23.7 Å². The van der Waals surface area contributed by atoms with Crippen molar-refractivity contribution in [2.24, 2.45) is 0 Å². The minimum absolute atomic E-state index is 0.224. The predicted octanol–water partition coefficient (Wildman–Crippen LogP) is 12.6. The maximum atomic E-state index is 13.6. The molecule has 5 N–H and O–H groups in total. The molecule has 17 nitrogen and oxygen atoms in total. The van der Waals surface area contributed by atoms with Crippen molar-refractivity contribution in [3.05, 3.63) is 263 Å². The number of benzene rings is 8. The summed E-state index contributed by atoms with van der Waals surface area (Å²) in [6.45, 7) is 11.9. The number of carbonyl (C=O) groups is 5. The van der Waals surface area contributed by atoms with Crippen LogP contribution in [0.4, 0.5) is 0 Å². The second-order valence-corrected chi connectivity index (χ2v) is 25.2. The summed E-state index contributed by atoms with van der Waals surface area (Å²) in [5.74, 6) is -0.642. The third-order valence-electron chi connectivity index (χ3n) is 15.9. The average molecular weight is 1320 g/mol. The van der Waals surface area contributed by atoms with Crippen molar-refractivity contribution in [2.75, 3.05) is 52.4 Å². The van der Waals surface area contributed by atoms with E-state index in [9.17, 15) is 29.1 Å². The van der Waals surface area contributed by atoms with Gasteiger partial charge in [0.1, 0.15) is 32.0 Å². The maximum absolute atomic E-state index is 13.6. The number of unbranched alkanes of at least 4 members (excludes halogenated alkanes) is 2. The quantitative estimate of drug-likeness (QED) is 0.0179. The Morgan fingerprint density at radius 3 is 0.990 bits per heavy atom. The second-order valence-electron chi connectivity index (χ2n) is 25.2. The largest absolute Gasteiger partial charge is 0.485 e. The molecule has 0 aliphatic rings. The molecule has 0 heterocycles. The van der Waals surface area contributed by atoms with Gasteiger partial charge in [-0.2, -0.15) is 0 Å². The number of carbonyl (C=O) groups excluding carboxylic acids is 5. The Bertz CT molecular complexity index is 3430. The first-order valence-corrected chi connectivity index (χ1v) is 33.7. The van der Waals surface area contributed by atoms with Crippen LogP contribution in [0.3, 0.4) is 0 Å². The van der Waals surface area contributed by atoms with Crippen LogP contribution in [-0.4, -0.2) is 108 Å². The van der Waals surface area contributed by atoms with E-state index < -0.39 is 41.8 Å². The molecular weight excluding hydrogens is 1220 g/mol. The highest BCUT2D eigenvalue weighted by Crippen LogP contribution is 2.32. The summed E-state index contributed by atoms with van der Waals surface area (Å²) in [6, 6.07) is 70.1. The molecule has 8 aromatic carbocycles. The van der Waals surface area contributed by atoms with Crippen molar-refractivity contribution in [1.82, 2.24) is 31.1 Å². The van der Waals surface area contributed by atoms with Gasteiger partial charge in [0.15, 0.2) is 28.6 Å². The highest BCUT2D eigenvalue weighted by molar-refractivity contribution is 5.95. The van der Waals surface area contributed by atoms with Crippen molar-refractivity contribution in [3.63, 3.8) is 0 Å². The van der Waals surface area contributed by atoms with E-state index in [1.165, 1.54) is 0 Å². The number of esters is 1. The van der Waals surface area contributed by atoms with Gasteiger partial charge in [-0.1, -0.05) is 182 Å². The number of amides is 4. The first-order valence-electron chi connectivity index (χ1n) is 33.7. The number of hydrogen-bond acceptors (Lipinski definition) is 13. The lowest BCUT2D eigenvalue weighted by Crippen LogP contribution is -2.50. The summed E-state index contributed by atoms with van der Waals surface area (Å²) in [5, 5.41) is 23.7. The third kappa shape index (κ3) is 26.7. The molecule has 8 rings (SSSR count). The molecule has 0 saturated carbocycles. The first-order chi connectivity index (χ1) is 47.1. The lowest BCUT2D eigenvalue weighted by Gasteiger charge is -2.29. The average Bonchev–Trinajstić information content (AvgIpc) is 0.939. The van der Waals surface area contributed by atoms with Gasteiger partial charge in [-0.15, -0.1) is 0 Å². The SMILES string of the molecule is CC(C)(C)OC(=O)C(O)(CC(=O)NCCCCN(CCCNC(=O)c1ccc(OCc2ccccc2)c(OCc2ccccc2)c1)Cc1ccccc1)CC(=O)NCCCCN(CCCNC(=O)c1ccc(OCc2ccccc2)c(OCc2ccccc2)c1)Cc1ccccc1. The van der Waals surface area contributed by atoms with Crippen LogP contribution < -0.4 is 40.2 Å². The summed E-state index contributed by atoms with van der Waals surface area (Å²) < 4.78 is 30.4. The monoisotopic (exact) mass is 1310 g/mol. The van der Waals surface area contributed by atoms with Gasteiger partial charge in [0, 0.05) is 63.5 Å². The van der Waals surface area contributed by atoms with Crippen LogP contribution >= 0.6 is 0 Å². The molecule has 0 spiro atoms. The van der Waals surface area contributed by atoms with E-state index in [0.29, 0.717) is 139 Å². The van der Waals surface area contributed by atoms with Crippen molar-refractivity contribution < 1.29 is 52.8 Å². The number of rotatable bonds is 41. The van der Waals surface area contributed by atoms with Gasteiger partial charge in [-0.3, -0.25) is 29.0 Å². The Morgan fingerprint density at radius 2 is 0.660 bits per heavy atom. The fourth-order valence-electron chi connectivity index (χ4n) is 10.8. The van der Waals surface area contributed by atoms with E-state index in [1.807, 2.05) is 158 Å². The summed E-state index contributed by atoms with van der Waals surface area (Å²) in [4.78, 5) is 72.4. The molecule has 510 valence electrons. The van der Waals surface area contributed by atoms with Crippen molar-refractivity contribution in [1.29, 1.82) is 0 Å². The summed E-state index contributed by atoms with van der Waals surface area (Å²) >= 11 is 0. The number of ether oxygens (including phenoxy) is 5. The predicted molar refractivity (Wildman–Crippen MR) is 378 cm³/mol. The van der Waals surface area contributed by atoms with Crippen LogP contribution in [0.15, 0.2) is 218 Å². The molecule has 0 saturated heterocycles. The van der Waals surface area contributed by atoms with Crippen LogP contribution in [0.1, 0.15) is 126 Å². The molecule has 0 aromatic heterocycles. The van der Waals surface area contributed by atoms with Crippen molar-refractivity contribution in [2.45, 2.75) is 123 Å². The van der Waals surface area contributed by atoms with Gasteiger partial charge >= 0.3 is 5.97 Å². The highest BCUT2D eigenvalue weighted by atomic mass is 16.6. The lowest BCUT2D eigenvalue weighted by atomic mass is 9.94. The number of hydrogen-bond donors (Lipinski definition) is 5. The fourth-order valence-corrected chi connectivity index (χ4v) is 10.8. The number of nitrogens with one attached hydrogen (secondary N) is 4. The maximum Gasteiger partial charge on any atom is 0.339 e. The van der Waals surface area contributed by atoms with E-state index in [0.717, 1.165) is 46.2 Å². The molecule has 0 fully saturated rings. The molecule has 0 unspecified atom stereocenters. The Kier molecular flexibility index (Phi) is 29.6. The zero-order valence-electron chi connectivity index (χ0n) is 56.3. The summed E-state index contributed by atoms with van der Waals surface area (Å²) in [6.07, 6.45) is 2.69. The van der Waals surface area contributed by atoms with Crippen LogP contribution in [0.25, 0.3) is 0 Å². The first kappa shape index (κ1) is 73.0. The van der Waals surface area contributed by atoms with E-state index in [-0.39, 0.29) is 24.9 Å². The molecule has 0 aliphatic carbocycles. The molecular formula is C80H94N6O11. The van der Waals surface area contributed by atoms with Crippen LogP contribution in [-0.2, 0) is 58.6 Å². The standard InChI is InChI=1S/C80H94N6O11/c1-79(2,3)97-78(91)80(92,54-74(87)81-44-22-24-48-85(56-62-28-10-4-11-29-62)50-26-46-83-76(89)68-40-42-70(93-58-64-32-14-6-15-33-64)72(52-68)95-60-66-36-18-8-19-37-66)55-75(88)82-45-23-25-49-86(57-63-30-12-5-13-31-63)51-27-47-84-77(90)69-41-43-71(94-59-65-34-16-7-17-35-65)73(53-69)96-61-67-38-20-9-21-39-67/h4-21,28-43,52-53,92H,22-27,44-51,54-61H2,1-3H3,(H,81,87)(H,82,88)(H,83,89)(H,84,90). The molecule has 0 atom stereocenters. The molecule has 8 aromatic rings. The molecule has 0 bridgehead atoms. The minimum atomic E-state index is -2.41. The van der Waals surface area contributed by atoms with Gasteiger partial charge in [0.05, 0.1) is 12.8 Å². The van der Waals surface area contributed by atoms with Crippen LogP contribution in [0.2, 0.25) is 0 Å². The van der Waals surface area contributed by atoms with Gasteiger partial charge < -0.3 is 50.1 Å². The fraction of sp³-hybridized carbons (Fsp3) is 0.338. The van der Waals surface area contributed by atoms with Gasteiger partial charge in [0.25, 0.3) is 11.8 Å². The molecule has 17 heteroatoms. The van der Waals surface area contributed by atoms with Crippen LogP contribution in [0.5, 0.6) is 23.0 Å². The normalized spacial score (nSPS) is 11.4. The Hall–Kier alpha value is -9.81. The molecule has 97 heavy (non-hydrogen) atoms. The second kappa shape index (κ2) is 39.3. The van der Waals surface area contributed by atoms with Gasteiger partial charge in [-0.25, -0.2) is 4.79 Å². The molecule has 0 radical (unpaired) electrons.